The number of hydrogen-bond acceptors (Lipinski definition) is 7. The maximum Gasteiger partial charge on any atom is 0.262 e. The van der Waals surface area contributed by atoms with Crippen LogP contribution in [0.2, 0.25) is 0 Å². The van der Waals surface area contributed by atoms with Gasteiger partial charge in [0.25, 0.3) is 5.88 Å². The van der Waals surface area contributed by atoms with Crippen LogP contribution in [0.15, 0.2) is 30.5 Å². The van der Waals surface area contributed by atoms with Gasteiger partial charge in [-0.15, -0.1) is 0 Å². The largest absolute Gasteiger partial charge is 0.475 e. The zero-order valence-electron chi connectivity index (χ0n) is 16.4. The minimum Gasteiger partial charge on any atom is -0.475 e. The van der Waals surface area contributed by atoms with E-state index in [0.717, 1.165) is 39.0 Å². The van der Waals surface area contributed by atoms with Crippen LogP contribution >= 0.6 is 0 Å². The number of hydrogen-bond donors (Lipinski definition) is 1. The quantitative estimate of drug-likeness (QED) is 0.697. The van der Waals surface area contributed by atoms with Gasteiger partial charge in [0.2, 0.25) is 17.6 Å². The third kappa shape index (κ3) is 5.10. The van der Waals surface area contributed by atoms with Gasteiger partial charge in [0.1, 0.15) is 5.75 Å². The predicted octanol–water partition coefficient (Wildman–Crippen LogP) is 2.30. The lowest BCUT2D eigenvalue weighted by molar-refractivity contribution is 0.100. The molecule has 1 amide bonds. The molecule has 3 rings (SSSR count). The summed E-state index contributed by atoms with van der Waals surface area (Å²) in [5.41, 5.74) is 5.70. The van der Waals surface area contributed by atoms with Crippen LogP contribution in [0.1, 0.15) is 30.1 Å². The SMILES string of the molecule is CCCCOc1nc(N2CCN(C)CC2)ncc1Oc1ccc(C(N)=O)cc1. The molecule has 0 radical (unpaired) electrons. The molecule has 1 aliphatic heterocycles. The van der Waals surface area contributed by atoms with E-state index in [-0.39, 0.29) is 0 Å². The van der Waals surface area contributed by atoms with Crippen molar-refractivity contribution < 1.29 is 14.3 Å². The van der Waals surface area contributed by atoms with E-state index < -0.39 is 5.91 Å². The van der Waals surface area contributed by atoms with Crippen molar-refractivity contribution in [2.75, 3.05) is 44.7 Å². The van der Waals surface area contributed by atoms with Gasteiger partial charge in [-0.1, -0.05) is 13.3 Å². The molecule has 2 aromatic rings. The molecule has 0 bridgehead atoms. The molecule has 1 aromatic heterocycles. The molecule has 0 saturated carbocycles. The molecular weight excluding hydrogens is 358 g/mol. The molecule has 0 atom stereocenters. The second-order valence-electron chi connectivity index (χ2n) is 6.82. The molecule has 8 nitrogen and oxygen atoms in total. The summed E-state index contributed by atoms with van der Waals surface area (Å²) in [4.78, 5) is 24.7. The van der Waals surface area contributed by atoms with Crippen LogP contribution in [0.4, 0.5) is 5.95 Å². The number of unbranched alkanes of at least 4 members (excludes halogenated alkanes) is 1. The Kier molecular flexibility index (Phi) is 6.65. The Labute approximate surface area is 165 Å². The fraction of sp³-hybridized carbons (Fsp3) is 0.450. The Hall–Kier alpha value is -2.87. The van der Waals surface area contributed by atoms with Crippen LogP contribution in [0.25, 0.3) is 0 Å². The first kappa shape index (κ1) is 19.9. The number of carbonyl (C=O) groups is 1. The fourth-order valence-corrected chi connectivity index (χ4v) is 2.81. The molecule has 150 valence electrons. The minimum atomic E-state index is -0.477. The number of piperazine rings is 1. The molecular formula is C20H27N5O3. The summed E-state index contributed by atoms with van der Waals surface area (Å²) < 4.78 is 11.8. The molecule has 1 saturated heterocycles. The van der Waals surface area contributed by atoms with E-state index in [4.69, 9.17) is 15.2 Å². The molecule has 1 aromatic carbocycles. The Morgan fingerprint density at radius 1 is 1.18 bits per heavy atom. The number of nitrogens with two attached hydrogens (primary N) is 1. The van der Waals surface area contributed by atoms with E-state index in [2.05, 4.69) is 33.7 Å². The van der Waals surface area contributed by atoms with Crippen LogP contribution in [0.5, 0.6) is 17.4 Å². The summed E-state index contributed by atoms with van der Waals surface area (Å²) in [7, 11) is 2.11. The highest BCUT2D eigenvalue weighted by Crippen LogP contribution is 2.31. The Balaban J connectivity index is 1.79. The Bertz CT molecular complexity index is 789. The van der Waals surface area contributed by atoms with Crippen molar-refractivity contribution >= 4 is 11.9 Å². The standard InChI is InChI=1S/C20H27N5O3/c1-3-4-13-27-19-17(28-16-7-5-15(6-8-16)18(21)26)14-22-20(23-19)25-11-9-24(2)10-12-25/h5-8,14H,3-4,9-13H2,1-2H3,(H2,21,26). The van der Waals surface area contributed by atoms with Gasteiger partial charge >= 0.3 is 0 Å². The highest BCUT2D eigenvalue weighted by atomic mass is 16.5. The van der Waals surface area contributed by atoms with Gasteiger partial charge < -0.3 is 25.0 Å². The first-order valence-corrected chi connectivity index (χ1v) is 9.58. The Morgan fingerprint density at radius 3 is 2.54 bits per heavy atom. The van der Waals surface area contributed by atoms with Crippen LogP contribution < -0.4 is 20.1 Å². The first-order valence-electron chi connectivity index (χ1n) is 9.58. The van der Waals surface area contributed by atoms with Gasteiger partial charge in [-0.25, -0.2) is 4.98 Å². The number of likely N-dealkylation sites (N-methyl/N-ethyl adjacent to an activating group) is 1. The normalized spacial score (nSPS) is 14.7. The van der Waals surface area contributed by atoms with Crippen molar-refractivity contribution in [2.24, 2.45) is 5.73 Å². The molecule has 1 aliphatic rings. The maximum atomic E-state index is 11.2. The average Bonchev–Trinajstić information content (AvgIpc) is 2.70. The summed E-state index contributed by atoms with van der Waals surface area (Å²) in [6.45, 7) is 6.36. The van der Waals surface area contributed by atoms with Crippen molar-refractivity contribution in [1.29, 1.82) is 0 Å². The molecule has 28 heavy (non-hydrogen) atoms. The third-order valence-electron chi connectivity index (χ3n) is 4.60. The van der Waals surface area contributed by atoms with Gasteiger partial charge in [0.05, 0.1) is 12.8 Å². The molecule has 8 heteroatoms. The zero-order chi connectivity index (χ0) is 19.9. The monoisotopic (exact) mass is 385 g/mol. The molecule has 2 N–H and O–H groups in total. The van der Waals surface area contributed by atoms with E-state index in [1.807, 2.05) is 0 Å². The lowest BCUT2D eigenvalue weighted by Gasteiger charge is -2.32. The summed E-state index contributed by atoms with van der Waals surface area (Å²) in [5.74, 6) is 1.60. The van der Waals surface area contributed by atoms with E-state index in [1.165, 1.54) is 0 Å². The van der Waals surface area contributed by atoms with Crippen LogP contribution in [0.3, 0.4) is 0 Å². The maximum absolute atomic E-state index is 11.2. The summed E-state index contributed by atoms with van der Waals surface area (Å²) >= 11 is 0. The predicted molar refractivity (Wildman–Crippen MR) is 107 cm³/mol. The lowest BCUT2D eigenvalue weighted by Crippen LogP contribution is -2.45. The van der Waals surface area contributed by atoms with Crippen molar-refractivity contribution in [1.82, 2.24) is 14.9 Å². The second-order valence-corrected chi connectivity index (χ2v) is 6.82. The van der Waals surface area contributed by atoms with Crippen molar-refractivity contribution in [2.45, 2.75) is 19.8 Å². The summed E-state index contributed by atoms with van der Waals surface area (Å²) in [6, 6.07) is 6.61. The average molecular weight is 385 g/mol. The fourth-order valence-electron chi connectivity index (χ4n) is 2.81. The molecule has 0 aliphatic carbocycles. The Morgan fingerprint density at radius 2 is 1.89 bits per heavy atom. The number of anilines is 1. The summed E-state index contributed by atoms with van der Waals surface area (Å²) in [6.07, 6.45) is 3.60. The lowest BCUT2D eigenvalue weighted by atomic mass is 10.2. The molecule has 0 spiro atoms. The van der Waals surface area contributed by atoms with E-state index in [0.29, 0.717) is 35.5 Å². The number of nitrogens with zero attached hydrogens (tertiary/aromatic N) is 4. The van der Waals surface area contributed by atoms with Crippen molar-refractivity contribution in [3.63, 3.8) is 0 Å². The first-order chi connectivity index (χ1) is 13.6. The molecule has 0 unspecified atom stereocenters. The summed E-state index contributed by atoms with van der Waals surface area (Å²) in [5, 5.41) is 0. The van der Waals surface area contributed by atoms with E-state index in [1.54, 1.807) is 30.5 Å². The number of primary amides is 1. The van der Waals surface area contributed by atoms with Crippen molar-refractivity contribution in [3.8, 4) is 17.4 Å². The van der Waals surface area contributed by atoms with Gasteiger partial charge in [0, 0.05) is 31.7 Å². The third-order valence-corrected chi connectivity index (χ3v) is 4.60. The number of ether oxygens (including phenoxy) is 2. The van der Waals surface area contributed by atoms with Gasteiger partial charge in [-0.3, -0.25) is 4.79 Å². The minimum absolute atomic E-state index is 0.424. The van der Waals surface area contributed by atoms with Gasteiger partial charge in [-0.05, 0) is 37.7 Å². The van der Waals surface area contributed by atoms with Gasteiger partial charge in [-0.2, -0.15) is 4.98 Å². The van der Waals surface area contributed by atoms with E-state index >= 15 is 0 Å². The molecule has 1 fully saturated rings. The number of benzene rings is 1. The van der Waals surface area contributed by atoms with Gasteiger partial charge in [0.15, 0.2) is 0 Å². The number of rotatable bonds is 8. The number of amides is 1. The van der Waals surface area contributed by atoms with Crippen LogP contribution in [-0.2, 0) is 0 Å². The van der Waals surface area contributed by atoms with E-state index in [9.17, 15) is 4.79 Å². The zero-order valence-corrected chi connectivity index (χ0v) is 16.4. The smallest absolute Gasteiger partial charge is 0.262 e. The van der Waals surface area contributed by atoms with Crippen LogP contribution in [0, 0.1) is 0 Å². The van der Waals surface area contributed by atoms with Crippen molar-refractivity contribution in [3.05, 3.63) is 36.0 Å². The molecule has 2 heterocycles. The number of carbonyl (C=O) groups excluding carboxylic acids is 1. The highest BCUT2D eigenvalue weighted by Gasteiger charge is 2.19. The number of aromatic nitrogens is 2. The van der Waals surface area contributed by atoms with Crippen LogP contribution in [-0.4, -0.2) is 60.6 Å². The highest BCUT2D eigenvalue weighted by molar-refractivity contribution is 5.92. The topological polar surface area (TPSA) is 93.8 Å². The second kappa shape index (κ2) is 9.36.